The zero-order valence-corrected chi connectivity index (χ0v) is 10.9. The van der Waals surface area contributed by atoms with Crippen LogP contribution < -0.4 is 5.32 Å². The van der Waals surface area contributed by atoms with Crippen molar-refractivity contribution in [3.8, 4) is 0 Å². The number of ether oxygens (including phenoxy) is 2. The van der Waals surface area contributed by atoms with Crippen molar-refractivity contribution in [3.63, 3.8) is 0 Å². The lowest BCUT2D eigenvalue weighted by molar-refractivity contribution is -0.184. The lowest BCUT2D eigenvalue weighted by Gasteiger charge is -2.23. The molecule has 1 aliphatic rings. The molecule has 0 bridgehead atoms. The van der Waals surface area contributed by atoms with Gasteiger partial charge >= 0.3 is 0 Å². The van der Waals surface area contributed by atoms with Crippen molar-refractivity contribution in [1.82, 2.24) is 10.2 Å². The van der Waals surface area contributed by atoms with Gasteiger partial charge in [0.2, 0.25) is 12.7 Å². The lowest BCUT2D eigenvalue weighted by atomic mass is 10.2. The van der Waals surface area contributed by atoms with Crippen LogP contribution in [-0.2, 0) is 19.1 Å². The SMILES string of the molecule is CN(/C=C\C(=NO)NC=O)C1CCC(C(O)OC=O)O1. The van der Waals surface area contributed by atoms with Crippen molar-refractivity contribution in [2.45, 2.75) is 31.5 Å². The van der Waals surface area contributed by atoms with E-state index in [4.69, 9.17) is 9.94 Å². The molecule has 0 aromatic rings. The molecule has 0 aliphatic carbocycles. The lowest BCUT2D eigenvalue weighted by Crippen LogP contribution is -2.33. The standard InChI is InChI=1S/C11H17N3O6/c1-14(5-4-9(13-18)12-6-15)10-3-2-8(20-10)11(17)19-7-16/h4-8,10-11,17-18H,2-3H2,1H3,(H,12,13,15)/b5-4-. The van der Waals surface area contributed by atoms with Crippen LogP contribution in [0.4, 0.5) is 0 Å². The molecule has 1 amide bonds. The molecule has 0 radical (unpaired) electrons. The minimum atomic E-state index is -1.29. The molecule has 1 heterocycles. The molecule has 0 spiro atoms. The van der Waals surface area contributed by atoms with Gasteiger partial charge in [-0.1, -0.05) is 5.16 Å². The Morgan fingerprint density at radius 2 is 2.30 bits per heavy atom. The average Bonchev–Trinajstić information content (AvgIpc) is 2.93. The molecule has 1 rings (SSSR count). The van der Waals surface area contributed by atoms with E-state index >= 15 is 0 Å². The van der Waals surface area contributed by atoms with E-state index in [-0.39, 0.29) is 18.5 Å². The number of aliphatic hydroxyl groups is 1. The fourth-order valence-electron chi connectivity index (χ4n) is 1.75. The number of amidine groups is 1. The van der Waals surface area contributed by atoms with Crippen LogP contribution in [0.25, 0.3) is 0 Å². The average molecular weight is 287 g/mol. The molecule has 9 nitrogen and oxygen atoms in total. The van der Waals surface area contributed by atoms with Gasteiger partial charge in [-0.3, -0.25) is 9.59 Å². The molecule has 0 saturated carbocycles. The van der Waals surface area contributed by atoms with Crippen molar-refractivity contribution in [2.24, 2.45) is 5.16 Å². The molecule has 1 aliphatic heterocycles. The quantitative estimate of drug-likeness (QED) is 0.137. The van der Waals surface area contributed by atoms with Crippen LogP contribution in [0.3, 0.4) is 0 Å². The second kappa shape index (κ2) is 8.12. The van der Waals surface area contributed by atoms with Crippen LogP contribution in [0.2, 0.25) is 0 Å². The Bertz CT molecular complexity index is 386. The topological polar surface area (TPSA) is 121 Å². The summed E-state index contributed by atoms with van der Waals surface area (Å²) in [5.74, 6) is -0.0225. The van der Waals surface area contributed by atoms with Gasteiger partial charge in [0.1, 0.15) is 12.3 Å². The molecule has 1 fully saturated rings. The summed E-state index contributed by atoms with van der Waals surface area (Å²) in [5.41, 5.74) is 0. The highest BCUT2D eigenvalue weighted by Crippen LogP contribution is 2.24. The predicted octanol–water partition coefficient (Wildman–Crippen LogP) is -1.04. The first-order chi connectivity index (χ1) is 9.62. The van der Waals surface area contributed by atoms with Gasteiger partial charge in [-0.25, -0.2) is 0 Å². The first-order valence-electron chi connectivity index (χ1n) is 5.87. The monoisotopic (exact) mass is 287 g/mol. The van der Waals surface area contributed by atoms with Gasteiger partial charge in [0.25, 0.3) is 6.47 Å². The third-order valence-corrected chi connectivity index (χ3v) is 2.78. The highest BCUT2D eigenvalue weighted by Gasteiger charge is 2.33. The largest absolute Gasteiger partial charge is 0.435 e. The molecule has 3 unspecified atom stereocenters. The van der Waals surface area contributed by atoms with Gasteiger partial charge in [-0.2, -0.15) is 0 Å². The first kappa shape index (κ1) is 15.9. The summed E-state index contributed by atoms with van der Waals surface area (Å²) in [7, 11) is 1.71. The predicted molar refractivity (Wildman–Crippen MR) is 66.4 cm³/mol. The number of nitrogens with one attached hydrogen (secondary N) is 1. The molecule has 112 valence electrons. The van der Waals surface area contributed by atoms with Crippen LogP contribution in [0.15, 0.2) is 17.4 Å². The van der Waals surface area contributed by atoms with Gasteiger partial charge in [0.15, 0.2) is 5.84 Å². The van der Waals surface area contributed by atoms with Crippen molar-refractivity contribution in [2.75, 3.05) is 7.05 Å². The summed E-state index contributed by atoms with van der Waals surface area (Å²) in [6.07, 6.45) is 2.27. The fourth-order valence-corrected chi connectivity index (χ4v) is 1.75. The molecule has 3 atom stereocenters. The number of carbonyl (C=O) groups is 2. The molecule has 0 aromatic carbocycles. The van der Waals surface area contributed by atoms with Gasteiger partial charge in [0, 0.05) is 19.3 Å². The number of hydrogen-bond acceptors (Lipinski definition) is 8. The first-order valence-corrected chi connectivity index (χ1v) is 5.87. The Hall–Kier alpha value is -2.13. The van der Waals surface area contributed by atoms with Gasteiger partial charge in [-0.05, 0) is 12.8 Å². The van der Waals surface area contributed by atoms with Gasteiger partial charge in [0.05, 0.1) is 0 Å². The number of nitrogens with zero attached hydrogens (tertiary/aromatic N) is 2. The van der Waals surface area contributed by atoms with Gasteiger partial charge < -0.3 is 30.0 Å². The molecule has 3 N–H and O–H groups in total. The minimum Gasteiger partial charge on any atom is -0.435 e. The molecule has 0 aromatic heterocycles. The third kappa shape index (κ3) is 4.52. The second-order valence-electron chi connectivity index (χ2n) is 4.06. The highest BCUT2D eigenvalue weighted by molar-refractivity contribution is 5.98. The van der Waals surface area contributed by atoms with E-state index in [1.807, 2.05) is 0 Å². The Balaban J connectivity index is 2.49. The normalized spacial score (nSPS) is 24.4. The van der Waals surface area contributed by atoms with E-state index in [0.717, 1.165) is 0 Å². The Morgan fingerprint density at radius 1 is 1.55 bits per heavy atom. The summed E-state index contributed by atoms with van der Waals surface area (Å²) in [4.78, 5) is 22.0. The van der Waals surface area contributed by atoms with Gasteiger partial charge in [-0.15, -0.1) is 0 Å². The van der Waals surface area contributed by atoms with Crippen molar-refractivity contribution >= 4 is 18.7 Å². The summed E-state index contributed by atoms with van der Waals surface area (Å²) in [6.45, 7) is 0.167. The van der Waals surface area contributed by atoms with Crippen molar-refractivity contribution in [3.05, 3.63) is 12.3 Å². The molecular formula is C11H17N3O6. The number of carbonyl (C=O) groups excluding carboxylic acids is 2. The van der Waals surface area contributed by atoms with E-state index in [1.165, 1.54) is 6.08 Å². The highest BCUT2D eigenvalue weighted by atomic mass is 16.7. The fraction of sp³-hybridized carbons (Fsp3) is 0.545. The molecule has 9 heteroatoms. The van der Waals surface area contributed by atoms with E-state index in [1.54, 1.807) is 18.1 Å². The summed E-state index contributed by atoms with van der Waals surface area (Å²) in [5, 5.41) is 23.1. The second-order valence-corrected chi connectivity index (χ2v) is 4.06. The maximum atomic E-state index is 10.2. The van der Waals surface area contributed by atoms with Crippen LogP contribution >= 0.6 is 0 Å². The van der Waals surface area contributed by atoms with E-state index in [9.17, 15) is 14.7 Å². The smallest absolute Gasteiger partial charge is 0.295 e. The Kier molecular flexibility index (Phi) is 6.47. The van der Waals surface area contributed by atoms with Crippen LogP contribution in [0, 0.1) is 0 Å². The Morgan fingerprint density at radius 3 is 2.90 bits per heavy atom. The minimum absolute atomic E-state index is 0.0225. The molecule has 20 heavy (non-hydrogen) atoms. The van der Waals surface area contributed by atoms with Crippen molar-refractivity contribution in [1.29, 1.82) is 0 Å². The number of amides is 1. The zero-order valence-electron chi connectivity index (χ0n) is 10.9. The summed E-state index contributed by atoms with van der Waals surface area (Å²) < 4.78 is 9.93. The van der Waals surface area contributed by atoms with E-state index in [2.05, 4.69) is 15.2 Å². The van der Waals surface area contributed by atoms with Crippen molar-refractivity contribution < 1.29 is 29.4 Å². The number of hydrogen-bond donors (Lipinski definition) is 3. The van der Waals surface area contributed by atoms with E-state index < -0.39 is 12.4 Å². The van der Waals surface area contributed by atoms with Crippen LogP contribution in [0.5, 0.6) is 0 Å². The molecular weight excluding hydrogens is 270 g/mol. The Labute approximate surface area is 115 Å². The third-order valence-electron chi connectivity index (χ3n) is 2.78. The number of aliphatic hydroxyl groups excluding tert-OH is 1. The zero-order chi connectivity index (χ0) is 15.0. The maximum Gasteiger partial charge on any atom is 0.295 e. The summed E-state index contributed by atoms with van der Waals surface area (Å²) in [6, 6.07) is 0. The van der Waals surface area contributed by atoms with E-state index in [0.29, 0.717) is 19.3 Å². The maximum absolute atomic E-state index is 10.2. The van der Waals surface area contributed by atoms with Crippen LogP contribution in [-0.4, -0.2) is 59.6 Å². The number of oxime groups is 1. The summed E-state index contributed by atoms with van der Waals surface area (Å²) >= 11 is 0. The molecule has 1 saturated heterocycles. The number of rotatable bonds is 7. The van der Waals surface area contributed by atoms with Crippen LogP contribution in [0.1, 0.15) is 12.8 Å².